The molecule has 0 radical (unpaired) electrons. The lowest BCUT2D eigenvalue weighted by Crippen LogP contribution is -2.28. The van der Waals surface area contributed by atoms with Gasteiger partial charge >= 0.3 is 0 Å². The highest BCUT2D eigenvalue weighted by Crippen LogP contribution is 2.27. The molecule has 0 heterocycles. The molecule has 3 nitrogen and oxygen atoms in total. The maximum Gasteiger partial charge on any atom is 0.229 e. The highest BCUT2D eigenvalue weighted by Gasteiger charge is 2.23. The molecule has 0 aliphatic heterocycles. The van der Waals surface area contributed by atoms with E-state index in [2.05, 4.69) is 12.2 Å². The van der Waals surface area contributed by atoms with Crippen molar-refractivity contribution >= 4 is 40.5 Å². The van der Waals surface area contributed by atoms with E-state index in [1.165, 1.54) is 12.1 Å². The molecule has 1 N–H and O–H groups in total. The van der Waals surface area contributed by atoms with Crippen molar-refractivity contribution < 1.29 is 13.9 Å². The number of hydrogen-bond acceptors (Lipinski definition) is 3. The van der Waals surface area contributed by atoms with Gasteiger partial charge in [-0.1, -0.05) is 45.7 Å². The van der Waals surface area contributed by atoms with Crippen LogP contribution in [0.3, 0.4) is 0 Å². The van der Waals surface area contributed by atoms with Crippen LogP contribution in [0, 0.1) is 11.2 Å². The van der Waals surface area contributed by atoms with Gasteiger partial charge < -0.3 is 10.1 Å². The van der Waals surface area contributed by atoms with Crippen LogP contribution in [0.5, 0.6) is 0 Å². The minimum absolute atomic E-state index is 0.0979. The smallest absolute Gasteiger partial charge is 0.229 e. The molecule has 0 unspecified atom stereocenters. The molecule has 0 atom stereocenters. The molecule has 128 valence electrons. The third-order valence-corrected chi connectivity index (χ3v) is 3.78. The number of unbranched alkanes of at least 4 members (excludes halogenated alkanes) is 1. The van der Waals surface area contributed by atoms with Gasteiger partial charge in [0, 0.05) is 16.9 Å². The molecular formula is C17H23ClFNO2S. The van der Waals surface area contributed by atoms with E-state index in [-0.39, 0.29) is 16.6 Å². The minimum Gasteiger partial charge on any atom is -0.487 e. The van der Waals surface area contributed by atoms with Crippen LogP contribution in [0.15, 0.2) is 12.1 Å². The molecule has 0 aliphatic carbocycles. The second-order valence-electron chi connectivity index (χ2n) is 6.38. The number of carbonyl (C=O) groups is 1. The zero-order valence-electron chi connectivity index (χ0n) is 14.0. The van der Waals surface area contributed by atoms with Crippen LogP contribution in [-0.2, 0) is 16.0 Å². The van der Waals surface area contributed by atoms with Gasteiger partial charge in [-0.3, -0.25) is 4.79 Å². The molecule has 0 spiro atoms. The van der Waals surface area contributed by atoms with Crippen molar-refractivity contribution in [2.45, 2.75) is 47.0 Å². The Balaban J connectivity index is 2.87. The number of halogens is 2. The summed E-state index contributed by atoms with van der Waals surface area (Å²) >= 11 is 11.2. The first-order chi connectivity index (χ1) is 10.6. The van der Waals surface area contributed by atoms with Gasteiger partial charge in [0.25, 0.3) is 0 Å². The van der Waals surface area contributed by atoms with Crippen LogP contribution < -0.4 is 5.32 Å². The molecular weight excluding hydrogens is 337 g/mol. The summed E-state index contributed by atoms with van der Waals surface area (Å²) in [6.45, 7) is 7.89. The lowest BCUT2D eigenvalue weighted by atomic mass is 9.95. The highest BCUT2D eigenvalue weighted by molar-refractivity contribution is 7.80. The third kappa shape index (κ3) is 6.43. The Bertz CT molecular complexity index is 585. The van der Waals surface area contributed by atoms with Crippen LogP contribution >= 0.6 is 23.8 Å². The quantitative estimate of drug-likeness (QED) is 0.563. The minimum atomic E-state index is -0.620. The fourth-order valence-corrected chi connectivity index (χ4v) is 2.13. The summed E-state index contributed by atoms with van der Waals surface area (Å²) in [5, 5.41) is 3.25. The van der Waals surface area contributed by atoms with Gasteiger partial charge in [0.05, 0.1) is 12.3 Å². The molecule has 0 bridgehead atoms. The molecule has 23 heavy (non-hydrogen) atoms. The topological polar surface area (TPSA) is 38.3 Å². The Morgan fingerprint density at radius 3 is 2.61 bits per heavy atom. The molecule has 0 aromatic heterocycles. The zero-order chi connectivity index (χ0) is 17.6. The standard InChI is InChI=1S/C17H23ClFNO2S/c1-5-6-7-22-15(23)9-11-8-14(13(19)10-12(11)18)20-16(21)17(2,3)4/h8,10H,5-7,9H2,1-4H3,(H,20,21). The molecule has 6 heteroatoms. The monoisotopic (exact) mass is 359 g/mol. The number of rotatable bonds is 6. The predicted octanol–water partition coefficient (Wildman–Crippen LogP) is 5.15. The van der Waals surface area contributed by atoms with Gasteiger partial charge in [-0.15, -0.1) is 0 Å². The van der Waals surface area contributed by atoms with Crippen molar-refractivity contribution in [3.8, 4) is 0 Å². The summed E-state index contributed by atoms with van der Waals surface area (Å²) in [4.78, 5) is 12.0. The third-order valence-electron chi connectivity index (χ3n) is 3.16. The summed E-state index contributed by atoms with van der Waals surface area (Å²) in [5.41, 5.74) is 0.101. The molecule has 1 aromatic carbocycles. The second-order valence-corrected chi connectivity index (χ2v) is 7.24. The van der Waals surface area contributed by atoms with Gasteiger partial charge in [0.2, 0.25) is 5.91 Å². The van der Waals surface area contributed by atoms with Crippen LogP contribution in [0.4, 0.5) is 10.1 Å². The molecule has 0 saturated carbocycles. The van der Waals surface area contributed by atoms with E-state index in [0.29, 0.717) is 23.6 Å². The number of ether oxygens (including phenoxy) is 1. The van der Waals surface area contributed by atoms with Crippen LogP contribution in [-0.4, -0.2) is 17.6 Å². The SMILES string of the molecule is CCCCOC(=S)Cc1cc(NC(=O)C(C)(C)C)c(F)cc1Cl. The Kier molecular flexibility index (Phi) is 7.42. The molecule has 1 amide bonds. The largest absolute Gasteiger partial charge is 0.487 e. The first-order valence-corrected chi connectivity index (χ1v) is 8.38. The number of amides is 1. The summed E-state index contributed by atoms with van der Waals surface area (Å²) in [6, 6.07) is 2.70. The van der Waals surface area contributed by atoms with Crippen molar-refractivity contribution in [1.82, 2.24) is 0 Å². The Labute approximate surface area is 147 Å². The van der Waals surface area contributed by atoms with Gasteiger partial charge in [-0.2, -0.15) is 0 Å². The van der Waals surface area contributed by atoms with Crippen LogP contribution in [0.1, 0.15) is 46.1 Å². The van der Waals surface area contributed by atoms with Gasteiger partial charge in [-0.05, 0) is 36.3 Å². The number of benzene rings is 1. The Hall–Kier alpha value is -1.20. The fraction of sp³-hybridized carbons (Fsp3) is 0.529. The van der Waals surface area contributed by atoms with E-state index in [9.17, 15) is 9.18 Å². The normalized spacial score (nSPS) is 11.2. The van der Waals surface area contributed by atoms with E-state index in [1.807, 2.05) is 0 Å². The molecule has 0 saturated heterocycles. The Morgan fingerprint density at radius 1 is 1.39 bits per heavy atom. The molecule has 0 fully saturated rings. The summed E-state index contributed by atoms with van der Waals surface area (Å²) in [6.07, 6.45) is 2.24. The lowest BCUT2D eigenvalue weighted by Gasteiger charge is -2.19. The summed E-state index contributed by atoms with van der Waals surface area (Å²) in [7, 11) is 0. The maximum absolute atomic E-state index is 14.0. The lowest BCUT2D eigenvalue weighted by molar-refractivity contribution is -0.123. The Morgan fingerprint density at radius 2 is 2.04 bits per heavy atom. The van der Waals surface area contributed by atoms with E-state index in [1.54, 1.807) is 20.8 Å². The van der Waals surface area contributed by atoms with Crippen molar-refractivity contribution in [1.29, 1.82) is 0 Å². The number of hydrogen-bond donors (Lipinski definition) is 1. The van der Waals surface area contributed by atoms with Gasteiger partial charge in [-0.25, -0.2) is 4.39 Å². The summed E-state index contributed by atoms with van der Waals surface area (Å²) in [5.74, 6) is -0.847. The van der Waals surface area contributed by atoms with Crippen LogP contribution in [0.25, 0.3) is 0 Å². The van der Waals surface area contributed by atoms with E-state index in [4.69, 9.17) is 28.6 Å². The van der Waals surface area contributed by atoms with E-state index >= 15 is 0 Å². The number of anilines is 1. The van der Waals surface area contributed by atoms with Crippen molar-refractivity contribution in [3.05, 3.63) is 28.5 Å². The maximum atomic E-state index is 14.0. The summed E-state index contributed by atoms with van der Waals surface area (Å²) < 4.78 is 19.4. The molecule has 1 rings (SSSR count). The van der Waals surface area contributed by atoms with Crippen molar-refractivity contribution in [3.63, 3.8) is 0 Å². The predicted molar refractivity (Wildman–Crippen MR) is 96.7 cm³/mol. The van der Waals surface area contributed by atoms with E-state index < -0.39 is 11.2 Å². The van der Waals surface area contributed by atoms with Gasteiger partial charge in [0.15, 0.2) is 5.05 Å². The molecule has 1 aromatic rings. The van der Waals surface area contributed by atoms with Crippen molar-refractivity contribution in [2.24, 2.45) is 5.41 Å². The van der Waals surface area contributed by atoms with Crippen molar-refractivity contribution in [2.75, 3.05) is 11.9 Å². The number of carbonyl (C=O) groups excluding carboxylic acids is 1. The number of thiocarbonyl (C=S) groups is 1. The van der Waals surface area contributed by atoms with Gasteiger partial charge in [0.1, 0.15) is 5.82 Å². The first-order valence-electron chi connectivity index (χ1n) is 7.60. The average Bonchev–Trinajstić information content (AvgIpc) is 2.43. The van der Waals surface area contributed by atoms with E-state index in [0.717, 1.165) is 12.8 Å². The highest BCUT2D eigenvalue weighted by atomic mass is 35.5. The number of nitrogens with one attached hydrogen (secondary N) is 1. The second kappa shape index (κ2) is 8.60. The zero-order valence-corrected chi connectivity index (χ0v) is 15.5. The fourth-order valence-electron chi connectivity index (χ4n) is 1.67. The van der Waals surface area contributed by atoms with Crippen LogP contribution in [0.2, 0.25) is 5.02 Å². The molecule has 0 aliphatic rings. The first kappa shape index (κ1) is 19.8. The average molecular weight is 360 g/mol.